The van der Waals surface area contributed by atoms with E-state index in [-0.39, 0.29) is 11.1 Å². The summed E-state index contributed by atoms with van der Waals surface area (Å²) >= 11 is 0. The molecule has 24 heavy (non-hydrogen) atoms. The van der Waals surface area contributed by atoms with E-state index in [1.54, 1.807) is 24.3 Å². The number of alkyl halides is 3. The highest BCUT2D eigenvalue weighted by Gasteiger charge is 2.37. The summed E-state index contributed by atoms with van der Waals surface area (Å²) in [5, 5.41) is 3.17. The molecule has 3 rings (SSSR count). The summed E-state index contributed by atoms with van der Waals surface area (Å²) < 4.78 is 54.8. The summed E-state index contributed by atoms with van der Waals surface area (Å²) in [6.45, 7) is 2.45. The lowest BCUT2D eigenvalue weighted by Crippen LogP contribution is -2.46. The molecule has 2 aromatic carbocycles. The first kappa shape index (κ1) is 16.9. The first-order valence-electron chi connectivity index (χ1n) is 7.84. The van der Waals surface area contributed by atoms with Crippen LogP contribution in [0, 0.1) is 5.82 Å². The second-order valence-corrected chi connectivity index (χ2v) is 5.80. The zero-order chi connectivity index (χ0) is 17.2. The average Bonchev–Trinajstić information content (AvgIpc) is 2.57. The van der Waals surface area contributed by atoms with Gasteiger partial charge in [-0.2, -0.15) is 13.2 Å². The molecule has 2 nitrogen and oxygen atoms in total. The molecule has 0 aliphatic carbocycles. The van der Waals surface area contributed by atoms with Crippen LogP contribution in [0.2, 0.25) is 0 Å². The summed E-state index contributed by atoms with van der Waals surface area (Å²) in [6.07, 6.45) is -4.48. The Kier molecular flexibility index (Phi) is 4.87. The van der Waals surface area contributed by atoms with E-state index >= 15 is 0 Å². The molecule has 1 N–H and O–H groups in total. The summed E-state index contributed by atoms with van der Waals surface area (Å²) in [5.74, 6) is -0.488. The van der Waals surface area contributed by atoms with Crippen LogP contribution in [-0.2, 0) is 6.18 Å². The van der Waals surface area contributed by atoms with E-state index in [0.717, 1.165) is 6.07 Å². The molecule has 0 spiro atoms. The maximum Gasteiger partial charge on any atom is 0.416 e. The number of nitrogens with one attached hydrogen (secondary N) is 1. The van der Waals surface area contributed by atoms with E-state index in [2.05, 4.69) is 5.32 Å². The van der Waals surface area contributed by atoms with Crippen LogP contribution in [-0.4, -0.2) is 31.1 Å². The van der Waals surface area contributed by atoms with Crippen molar-refractivity contribution in [2.45, 2.75) is 12.2 Å². The molecule has 1 atom stereocenters. The van der Waals surface area contributed by atoms with Crippen LogP contribution in [0.1, 0.15) is 22.7 Å². The summed E-state index contributed by atoms with van der Waals surface area (Å²) in [5.41, 5.74) is -0.343. The predicted molar refractivity (Wildman–Crippen MR) is 84.1 cm³/mol. The molecule has 6 heteroatoms. The van der Waals surface area contributed by atoms with Crippen molar-refractivity contribution in [3.63, 3.8) is 0 Å². The van der Waals surface area contributed by atoms with E-state index in [1.165, 1.54) is 18.2 Å². The number of rotatable bonds is 3. The second kappa shape index (κ2) is 6.91. The lowest BCUT2D eigenvalue weighted by Gasteiger charge is -2.36. The fourth-order valence-electron chi connectivity index (χ4n) is 3.19. The highest BCUT2D eigenvalue weighted by atomic mass is 19.4. The van der Waals surface area contributed by atoms with Gasteiger partial charge in [-0.3, -0.25) is 4.90 Å². The number of halogens is 4. The van der Waals surface area contributed by atoms with Gasteiger partial charge in [0.1, 0.15) is 5.82 Å². The van der Waals surface area contributed by atoms with Crippen molar-refractivity contribution in [3.8, 4) is 0 Å². The summed E-state index contributed by atoms with van der Waals surface area (Å²) in [7, 11) is 0. The molecule has 0 radical (unpaired) electrons. The molecule has 1 heterocycles. The molecule has 2 aromatic rings. The number of nitrogens with zero attached hydrogens (tertiary/aromatic N) is 1. The Hall–Kier alpha value is -1.92. The van der Waals surface area contributed by atoms with Crippen molar-refractivity contribution >= 4 is 0 Å². The van der Waals surface area contributed by atoms with Crippen molar-refractivity contribution in [3.05, 3.63) is 71.0 Å². The zero-order valence-corrected chi connectivity index (χ0v) is 13.0. The molecule has 1 saturated heterocycles. The third-order valence-corrected chi connectivity index (χ3v) is 4.28. The standard InChI is InChI=1S/C18H18F4N2/c19-16-8-4-2-6-14(16)17(24-11-9-23-10-12-24)13-5-1-3-7-15(13)18(20,21)22/h1-8,17,23H,9-12H2. The highest BCUT2D eigenvalue weighted by molar-refractivity contribution is 5.39. The lowest BCUT2D eigenvalue weighted by molar-refractivity contribution is -0.138. The number of hydrogen-bond donors (Lipinski definition) is 1. The maximum absolute atomic E-state index is 14.4. The van der Waals surface area contributed by atoms with Crippen molar-refractivity contribution in [1.29, 1.82) is 0 Å². The van der Waals surface area contributed by atoms with Gasteiger partial charge in [0.2, 0.25) is 0 Å². The van der Waals surface area contributed by atoms with E-state index in [9.17, 15) is 17.6 Å². The zero-order valence-electron chi connectivity index (χ0n) is 13.0. The molecule has 1 unspecified atom stereocenters. The smallest absolute Gasteiger partial charge is 0.314 e. The maximum atomic E-state index is 14.4. The Labute approximate surface area is 138 Å². The van der Waals surface area contributed by atoms with Gasteiger partial charge in [-0.05, 0) is 17.7 Å². The molecule has 1 fully saturated rings. The first-order chi connectivity index (χ1) is 11.5. The highest BCUT2D eigenvalue weighted by Crippen LogP contribution is 2.39. The van der Waals surface area contributed by atoms with Gasteiger partial charge in [0, 0.05) is 31.7 Å². The van der Waals surface area contributed by atoms with Crippen LogP contribution in [0.3, 0.4) is 0 Å². The van der Waals surface area contributed by atoms with Crippen LogP contribution >= 0.6 is 0 Å². The van der Waals surface area contributed by atoms with Crippen molar-refractivity contribution in [2.24, 2.45) is 0 Å². The summed E-state index contributed by atoms with van der Waals surface area (Å²) in [6, 6.07) is 10.7. The fourth-order valence-corrected chi connectivity index (χ4v) is 3.19. The Morgan fingerprint density at radius 2 is 1.46 bits per heavy atom. The van der Waals surface area contributed by atoms with Crippen LogP contribution in [0.5, 0.6) is 0 Å². The van der Waals surface area contributed by atoms with Gasteiger partial charge in [0.15, 0.2) is 0 Å². The normalized spacial score (nSPS) is 17.7. The van der Waals surface area contributed by atoms with Gasteiger partial charge in [-0.1, -0.05) is 36.4 Å². The van der Waals surface area contributed by atoms with Crippen LogP contribution in [0.25, 0.3) is 0 Å². The summed E-state index contributed by atoms with van der Waals surface area (Å²) in [4.78, 5) is 1.90. The lowest BCUT2D eigenvalue weighted by atomic mass is 9.92. The average molecular weight is 338 g/mol. The Morgan fingerprint density at radius 1 is 0.875 bits per heavy atom. The van der Waals surface area contributed by atoms with Crippen LogP contribution in [0.15, 0.2) is 48.5 Å². The van der Waals surface area contributed by atoms with Gasteiger partial charge < -0.3 is 5.32 Å². The second-order valence-electron chi connectivity index (χ2n) is 5.80. The minimum atomic E-state index is -4.48. The topological polar surface area (TPSA) is 15.3 Å². The monoisotopic (exact) mass is 338 g/mol. The molecule has 0 aromatic heterocycles. The SMILES string of the molecule is Fc1ccccc1C(c1ccccc1C(F)(F)F)N1CCNCC1. The molecule has 0 saturated carbocycles. The van der Waals surface area contributed by atoms with E-state index in [1.807, 2.05) is 4.90 Å². The van der Waals surface area contributed by atoms with E-state index < -0.39 is 23.6 Å². The van der Waals surface area contributed by atoms with Crippen LogP contribution < -0.4 is 5.32 Å². The predicted octanol–water partition coefficient (Wildman–Crippen LogP) is 3.84. The quantitative estimate of drug-likeness (QED) is 0.856. The molecule has 1 aliphatic rings. The minimum absolute atomic E-state index is 0.0944. The third-order valence-electron chi connectivity index (χ3n) is 4.28. The number of hydrogen-bond acceptors (Lipinski definition) is 2. The van der Waals surface area contributed by atoms with Crippen molar-refractivity contribution < 1.29 is 17.6 Å². The van der Waals surface area contributed by atoms with Crippen LogP contribution in [0.4, 0.5) is 17.6 Å². The molecular weight excluding hydrogens is 320 g/mol. The molecule has 1 aliphatic heterocycles. The van der Waals surface area contributed by atoms with Crippen molar-refractivity contribution in [1.82, 2.24) is 10.2 Å². The van der Waals surface area contributed by atoms with Gasteiger partial charge in [0.25, 0.3) is 0 Å². The molecular formula is C18H18F4N2. The largest absolute Gasteiger partial charge is 0.416 e. The van der Waals surface area contributed by atoms with Gasteiger partial charge in [-0.15, -0.1) is 0 Å². The fraction of sp³-hybridized carbons (Fsp3) is 0.333. The third kappa shape index (κ3) is 3.44. The minimum Gasteiger partial charge on any atom is -0.314 e. The van der Waals surface area contributed by atoms with E-state index in [4.69, 9.17) is 0 Å². The van der Waals surface area contributed by atoms with Gasteiger partial charge in [0.05, 0.1) is 11.6 Å². The molecule has 0 amide bonds. The molecule has 128 valence electrons. The Morgan fingerprint density at radius 3 is 2.08 bits per heavy atom. The molecule has 0 bridgehead atoms. The van der Waals surface area contributed by atoms with Gasteiger partial charge in [-0.25, -0.2) is 4.39 Å². The number of piperazine rings is 1. The number of benzene rings is 2. The van der Waals surface area contributed by atoms with Gasteiger partial charge >= 0.3 is 6.18 Å². The van der Waals surface area contributed by atoms with E-state index in [0.29, 0.717) is 26.2 Å². The Bertz CT molecular complexity index is 693. The first-order valence-corrected chi connectivity index (χ1v) is 7.84. The Balaban J connectivity index is 2.14. The van der Waals surface area contributed by atoms with Crippen molar-refractivity contribution in [2.75, 3.05) is 26.2 Å².